The molecular formula is C12H28N2O2S. The lowest BCUT2D eigenvalue weighted by atomic mass is 9.91. The summed E-state index contributed by atoms with van der Waals surface area (Å²) in [6.07, 6.45) is 0.953. The lowest BCUT2D eigenvalue weighted by Crippen LogP contribution is -2.43. The third-order valence-electron chi connectivity index (χ3n) is 3.05. The molecule has 0 saturated heterocycles. The Balaban J connectivity index is 4.28. The zero-order valence-electron chi connectivity index (χ0n) is 12.0. The van der Waals surface area contributed by atoms with Crippen LogP contribution in [0.2, 0.25) is 0 Å². The van der Waals surface area contributed by atoms with E-state index in [1.165, 1.54) is 0 Å². The molecule has 4 nitrogen and oxygen atoms in total. The van der Waals surface area contributed by atoms with Crippen molar-refractivity contribution in [2.75, 3.05) is 13.1 Å². The lowest BCUT2D eigenvalue weighted by Gasteiger charge is -2.24. The fourth-order valence-electron chi connectivity index (χ4n) is 1.07. The van der Waals surface area contributed by atoms with E-state index < -0.39 is 15.3 Å². The maximum absolute atomic E-state index is 12.0. The van der Waals surface area contributed by atoms with Crippen LogP contribution in [0.1, 0.15) is 48.0 Å². The van der Waals surface area contributed by atoms with Crippen molar-refractivity contribution in [3.05, 3.63) is 0 Å². The molecule has 1 unspecified atom stereocenters. The summed E-state index contributed by atoms with van der Waals surface area (Å²) in [5.74, 6) is 0. The van der Waals surface area contributed by atoms with E-state index in [2.05, 4.69) is 30.8 Å². The minimum absolute atomic E-state index is 0.0122. The van der Waals surface area contributed by atoms with Gasteiger partial charge in [0.2, 0.25) is 10.0 Å². The molecule has 0 aliphatic heterocycles. The Morgan fingerprint density at radius 1 is 1.18 bits per heavy atom. The Labute approximate surface area is 107 Å². The highest BCUT2D eigenvalue weighted by Crippen LogP contribution is 2.18. The monoisotopic (exact) mass is 264 g/mol. The van der Waals surface area contributed by atoms with Crippen molar-refractivity contribution in [3.63, 3.8) is 0 Å². The van der Waals surface area contributed by atoms with Gasteiger partial charge in [0, 0.05) is 19.1 Å². The topological polar surface area (TPSA) is 58.2 Å². The molecule has 0 aromatic rings. The minimum atomic E-state index is -3.21. The van der Waals surface area contributed by atoms with Gasteiger partial charge in [-0.05, 0) is 18.8 Å². The molecule has 0 radical (unpaired) electrons. The predicted molar refractivity (Wildman–Crippen MR) is 73.6 cm³/mol. The first-order chi connectivity index (χ1) is 7.60. The summed E-state index contributed by atoms with van der Waals surface area (Å²) < 4.78 is 26.6. The molecule has 104 valence electrons. The highest BCUT2D eigenvalue weighted by molar-refractivity contribution is 7.90. The highest BCUT2D eigenvalue weighted by atomic mass is 32.2. The van der Waals surface area contributed by atoms with E-state index in [0.717, 1.165) is 6.42 Å². The molecular weight excluding hydrogens is 236 g/mol. The molecule has 17 heavy (non-hydrogen) atoms. The van der Waals surface area contributed by atoms with Crippen LogP contribution in [-0.4, -0.2) is 32.8 Å². The smallest absolute Gasteiger partial charge is 0.215 e. The predicted octanol–water partition coefficient (Wildman–Crippen LogP) is 1.73. The van der Waals surface area contributed by atoms with Gasteiger partial charge in [-0.25, -0.2) is 13.1 Å². The Hall–Kier alpha value is -0.130. The van der Waals surface area contributed by atoms with Gasteiger partial charge in [-0.1, -0.05) is 34.6 Å². The van der Waals surface area contributed by atoms with Gasteiger partial charge < -0.3 is 5.32 Å². The first kappa shape index (κ1) is 16.9. The van der Waals surface area contributed by atoms with E-state index in [-0.39, 0.29) is 5.41 Å². The fraction of sp³-hybridized carbons (Fsp3) is 1.00. The molecule has 1 atom stereocenters. The zero-order valence-corrected chi connectivity index (χ0v) is 12.8. The molecule has 0 heterocycles. The van der Waals surface area contributed by atoms with Crippen LogP contribution in [0.25, 0.3) is 0 Å². The number of sulfonamides is 1. The number of hydrogen-bond acceptors (Lipinski definition) is 3. The van der Waals surface area contributed by atoms with E-state index in [1.807, 2.05) is 13.8 Å². The standard InChI is InChI=1S/C12H28N2O2S/c1-7-12(5,6)9-14-17(15,16)11(4)8-13-10(2)3/h10-11,13-14H,7-9H2,1-6H3. The highest BCUT2D eigenvalue weighted by Gasteiger charge is 2.24. The van der Waals surface area contributed by atoms with Gasteiger partial charge in [0.05, 0.1) is 5.25 Å². The Morgan fingerprint density at radius 2 is 1.71 bits per heavy atom. The van der Waals surface area contributed by atoms with Crippen LogP contribution < -0.4 is 10.0 Å². The van der Waals surface area contributed by atoms with E-state index in [0.29, 0.717) is 19.1 Å². The van der Waals surface area contributed by atoms with E-state index >= 15 is 0 Å². The second-order valence-corrected chi connectivity index (χ2v) is 7.94. The molecule has 0 amide bonds. The molecule has 0 fully saturated rings. The number of rotatable bonds is 8. The van der Waals surface area contributed by atoms with E-state index in [1.54, 1.807) is 6.92 Å². The van der Waals surface area contributed by atoms with Crippen molar-refractivity contribution in [2.45, 2.75) is 59.3 Å². The van der Waals surface area contributed by atoms with Gasteiger partial charge in [0.25, 0.3) is 0 Å². The van der Waals surface area contributed by atoms with Crippen LogP contribution in [0.3, 0.4) is 0 Å². The molecule has 0 aromatic heterocycles. The Kier molecular flexibility index (Phi) is 6.66. The van der Waals surface area contributed by atoms with Crippen LogP contribution in [0.15, 0.2) is 0 Å². The van der Waals surface area contributed by atoms with Gasteiger partial charge in [-0.2, -0.15) is 0 Å². The quantitative estimate of drug-likeness (QED) is 0.702. The lowest BCUT2D eigenvalue weighted by molar-refractivity contribution is 0.349. The molecule has 0 aliphatic carbocycles. The largest absolute Gasteiger partial charge is 0.313 e. The second-order valence-electron chi connectivity index (χ2n) is 5.76. The molecule has 0 spiro atoms. The Morgan fingerprint density at radius 3 is 2.12 bits per heavy atom. The van der Waals surface area contributed by atoms with Gasteiger partial charge in [0.1, 0.15) is 0 Å². The summed E-state index contributed by atoms with van der Waals surface area (Å²) in [6.45, 7) is 12.9. The third-order valence-corrected chi connectivity index (χ3v) is 4.83. The van der Waals surface area contributed by atoms with Crippen molar-refractivity contribution in [1.29, 1.82) is 0 Å². The van der Waals surface area contributed by atoms with Crippen LogP contribution in [0.5, 0.6) is 0 Å². The van der Waals surface area contributed by atoms with Crippen LogP contribution in [0.4, 0.5) is 0 Å². The molecule has 5 heteroatoms. The maximum Gasteiger partial charge on any atom is 0.215 e. The van der Waals surface area contributed by atoms with Crippen LogP contribution in [-0.2, 0) is 10.0 Å². The van der Waals surface area contributed by atoms with Crippen molar-refractivity contribution >= 4 is 10.0 Å². The SMILES string of the molecule is CCC(C)(C)CNS(=O)(=O)C(C)CNC(C)C. The summed E-state index contributed by atoms with van der Waals surface area (Å²) in [6, 6.07) is 0.305. The van der Waals surface area contributed by atoms with Crippen molar-refractivity contribution in [3.8, 4) is 0 Å². The summed E-state index contributed by atoms with van der Waals surface area (Å²) in [7, 11) is -3.21. The number of hydrogen-bond donors (Lipinski definition) is 2. The summed E-state index contributed by atoms with van der Waals surface area (Å²) in [5.41, 5.74) is 0.0122. The van der Waals surface area contributed by atoms with Crippen molar-refractivity contribution in [2.24, 2.45) is 5.41 Å². The second kappa shape index (κ2) is 6.71. The van der Waals surface area contributed by atoms with E-state index in [9.17, 15) is 8.42 Å². The molecule has 0 aromatic carbocycles. The number of nitrogens with one attached hydrogen (secondary N) is 2. The molecule has 2 N–H and O–H groups in total. The van der Waals surface area contributed by atoms with Gasteiger partial charge >= 0.3 is 0 Å². The first-order valence-corrected chi connectivity index (χ1v) is 7.87. The molecule has 0 rings (SSSR count). The van der Waals surface area contributed by atoms with Gasteiger partial charge in [0.15, 0.2) is 0 Å². The fourth-order valence-corrected chi connectivity index (χ4v) is 2.27. The van der Waals surface area contributed by atoms with Crippen molar-refractivity contribution < 1.29 is 8.42 Å². The molecule has 0 bridgehead atoms. The average molecular weight is 264 g/mol. The van der Waals surface area contributed by atoms with E-state index in [4.69, 9.17) is 0 Å². The summed E-state index contributed by atoms with van der Waals surface area (Å²) >= 11 is 0. The third kappa shape index (κ3) is 7.01. The van der Waals surface area contributed by atoms with Crippen LogP contribution >= 0.6 is 0 Å². The normalized spacial score (nSPS) is 15.2. The average Bonchev–Trinajstić information content (AvgIpc) is 2.23. The van der Waals surface area contributed by atoms with Crippen LogP contribution in [0, 0.1) is 5.41 Å². The Bertz CT molecular complexity index is 310. The first-order valence-electron chi connectivity index (χ1n) is 6.32. The van der Waals surface area contributed by atoms with Gasteiger partial charge in [-0.15, -0.1) is 0 Å². The molecule has 0 aliphatic rings. The summed E-state index contributed by atoms with van der Waals surface area (Å²) in [4.78, 5) is 0. The molecule has 0 saturated carbocycles. The van der Waals surface area contributed by atoms with Gasteiger partial charge in [-0.3, -0.25) is 0 Å². The minimum Gasteiger partial charge on any atom is -0.313 e. The summed E-state index contributed by atoms with van der Waals surface area (Å²) in [5, 5.41) is 2.74. The van der Waals surface area contributed by atoms with Crippen molar-refractivity contribution in [1.82, 2.24) is 10.0 Å². The zero-order chi connectivity index (χ0) is 13.7. The maximum atomic E-state index is 12.0.